The van der Waals surface area contributed by atoms with Crippen LogP contribution in [0.5, 0.6) is 5.75 Å². The molecule has 0 aliphatic carbocycles. The fourth-order valence-corrected chi connectivity index (χ4v) is 1.89. The maximum Gasteiger partial charge on any atom is 0.419 e. The van der Waals surface area contributed by atoms with E-state index in [2.05, 4.69) is 15.8 Å². The molecule has 2 rings (SSSR count). The van der Waals surface area contributed by atoms with Crippen LogP contribution in [0.2, 0.25) is 0 Å². The van der Waals surface area contributed by atoms with Crippen LogP contribution in [0.1, 0.15) is 17.0 Å². The van der Waals surface area contributed by atoms with Crippen LogP contribution >= 0.6 is 0 Å². The second kappa shape index (κ2) is 7.71. The Kier molecular flexibility index (Phi) is 5.67. The van der Waals surface area contributed by atoms with E-state index in [9.17, 15) is 18.0 Å². The standard InChI is InChI=1S/C15H16F3N3O3/c1-10-8-11(21-24-10)9-20-14(22)19-6-7-23-13-5-3-2-4-12(13)15(16,17)18/h2-5,8H,6-7,9H2,1H3,(H2,19,20,22). The topological polar surface area (TPSA) is 76.4 Å². The van der Waals surface area contributed by atoms with Crippen molar-refractivity contribution in [3.8, 4) is 5.75 Å². The first-order valence-corrected chi connectivity index (χ1v) is 7.09. The van der Waals surface area contributed by atoms with Crippen molar-refractivity contribution < 1.29 is 27.2 Å². The molecule has 1 heterocycles. The number of carbonyl (C=O) groups excluding carboxylic acids is 1. The molecular weight excluding hydrogens is 327 g/mol. The Balaban J connectivity index is 1.72. The molecule has 0 saturated heterocycles. The summed E-state index contributed by atoms with van der Waals surface area (Å²) in [5.74, 6) is 0.356. The molecule has 0 spiro atoms. The SMILES string of the molecule is Cc1cc(CNC(=O)NCCOc2ccccc2C(F)(F)F)no1. The van der Waals surface area contributed by atoms with Gasteiger partial charge in [0.25, 0.3) is 0 Å². The highest BCUT2D eigenvalue weighted by molar-refractivity contribution is 5.73. The Morgan fingerprint density at radius 3 is 2.71 bits per heavy atom. The van der Waals surface area contributed by atoms with Gasteiger partial charge in [-0.2, -0.15) is 13.2 Å². The third-order valence-corrected chi connectivity index (χ3v) is 2.94. The highest BCUT2D eigenvalue weighted by Crippen LogP contribution is 2.35. The van der Waals surface area contributed by atoms with Crippen molar-refractivity contribution in [1.29, 1.82) is 0 Å². The van der Waals surface area contributed by atoms with E-state index in [1.807, 2.05) is 0 Å². The van der Waals surface area contributed by atoms with Crippen molar-refractivity contribution in [2.24, 2.45) is 0 Å². The highest BCUT2D eigenvalue weighted by atomic mass is 19.4. The predicted octanol–water partition coefficient (Wildman–Crippen LogP) is 2.88. The van der Waals surface area contributed by atoms with Crippen molar-refractivity contribution in [2.75, 3.05) is 13.2 Å². The number of nitrogens with one attached hydrogen (secondary N) is 2. The lowest BCUT2D eigenvalue weighted by atomic mass is 10.2. The smallest absolute Gasteiger partial charge is 0.419 e. The predicted molar refractivity (Wildman–Crippen MR) is 78.4 cm³/mol. The molecule has 0 saturated carbocycles. The molecular formula is C15H16F3N3O3. The van der Waals surface area contributed by atoms with Crippen LogP contribution in [0.3, 0.4) is 0 Å². The summed E-state index contributed by atoms with van der Waals surface area (Å²) in [5, 5.41) is 8.72. The van der Waals surface area contributed by atoms with Gasteiger partial charge in [-0.1, -0.05) is 17.3 Å². The molecule has 0 radical (unpaired) electrons. The highest BCUT2D eigenvalue weighted by Gasteiger charge is 2.33. The number of nitrogens with zero attached hydrogens (tertiary/aromatic N) is 1. The molecule has 6 nitrogen and oxygen atoms in total. The number of aromatic nitrogens is 1. The van der Waals surface area contributed by atoms with Gasteiger partial charge in [0, 0.05) is 6.07 Å². The minimum atomic E-state index is -4.49. The molecule has 2 aromatic rings. The molecule has 9 heteroatoms. The molecule has 0 aliphatic heterocycles. The van der Waals surface area contributed by atoms with Gasteiger partial charge in [0.15, 0.2) is 0 Å². The third-order valence-electron chi connectivity index (χ3n) is 2.94. The zero-order valence-corrected chi connectivity index (χ0v) is 12.8. The number of carbonyl (C=O) groups is 1. The van der Waals surface area contributed by atoms with Crippen LogP contribution in [-0.4, -0.2) is 24.3 Å². The van der Waals surface area contributed by atoms with E-state index in [1.54, 1.807) is 13.0 Å². The molecule has 1 aromatic carbocycles. The van der Waals surface area contributed by atoms with Crippen molar-refractivity contribution in [2.45, 2.75) is 19.6 Å². The largest absolute Gasteiger partial charge is 0.491 e. The van der Waals surface area contributed by atoms with Gasteiger partial charge in [0.1, 0.15) is 23.8 Å². The monoisotopic (exact) mass is 343 g/mol. The van der Waals surface area contributed by atoms with Crippen LogP contribution in [0.4, 0.5) is 18.0 Å². The zero-order chi connectivity index (χ0) is 17.6. The van der Waals surface area contributed by atoms with Gasteiger partial charge in [0.05, 0.1) is 18.7 Å². The number of benzene rings is 1. The maximum atomic E-state index is 12.8. The molecule has 1 aromatic heterocycles. The lowest BCUT2D eigenvalue weighted by molar-refractivity contribution is -0.138. The first-order chi connectivity index (χ1) is 11.4. The summed E-state index contributed by atoms with van der Waals surface area (Å²) in [5.41, 5.74) is -0.283. The van der Waals surface area contributed by atoms with Gasteiger partial charge in [-0.05, 0) is 19.1 Å². The van der Waals surface area contributed by atoms with Crippen LogP contribution < -0.4 is 15.4 Å². The number of amides is 2. The second-order valence-corrected chi connectivity index (χ2v) is 4.88. The molecule has 0 bridgehead atoms. The number of rotatable bonds is 6. The summed E-state index contributed by atoms with van der Waals surface area (Å²) in [7, 11) is 0. The number of para-hydroxylation sites is 1. The molecule has 0 aliphatic rings. The molecule has 0 unspecified atom stereocenters. The quantitative estimate of drug-likeness (QED) is 0.791. The van der Waals surface area contributed by atoms with E-state index >= 15 is 0 Å². The number of urea groups is 1. The van der Waals surface area contributed by atoms with E-state index < -0.39 is 17.8 Å². The number of hydrogen-bond acceptors (Lipinski definition) is 4. The van der Waals surface area contributed by atoms with Gasteiger partial charge >= 0.3 is 12.2 Å². The summed E-state index contributed by atoms with van der Waals surface area (Å²) < 4.78 is 48.3. The molecule has 0 fully saturated rings. The second-order valence-electron chi connectivity index (χ2n) is 4.88. The first kappa shape index (κ1) is 17.6. The number of alkyl halides is 3. The van der Waals surface area contributed by atoms with Gasteiger partial charge in [-0.15, -0.1) is 0 Å². The van der Waals surface area contributed by atoms with E-state index in [1.165, 1.54) is 18.2 Å². The fraction of sp³-hybridized carbons (Fsp3) is 0.333. The summed E-state index contributed by atoms with van der Waals surface area (Å²) >= 11 is 0. The van der Waals surface area contributed by atoms with Crippen LogP contribution in [0.15, 0.2) is 34.9 Å². The Morgan fingerprint density at radius 2 is 2.04 bits per heavy atom. The van der Waals surface area contributed by atoms with Crippen molar-refractivity contribution in [3.05, 3.63) is 47.3 Å². The average Bonchev–Trinajstić information content (AvgIpc) is 2.94. The third kappa shape index (κ3) is 5.18. The first-order valence-electron chi connectivity index (χ1n) is 7.09. The van der Waals surface area contributed by atoms with Gasteiger partial charge in [0.2, 0.25) is 0 Å². The van der Waals surface area contributed by atoms with E-state index in [0.717, 1.165) is 6.07 Å². The minimum Gasteiger partial charge on any atom is -0.491 e. The van der Waals surface area contributed by atoms with E-state index in [4.69, 9.17) is 9.26 Å². The molecule has 24 heavy (non-hydrogen) atoms. The Bertz CT molecular complexity index is 686. The molecule has 0 atom stereocenters. The van der Waals surface area contributed by atoms with Gasteiger partial charge in [-0.3, -0.25) is 0 Å². The Labute approximate surface area is 136 Å². The van der Waals surface area contributed by atoms with Crippen molar-refractivity contribution >= 4 is 6.03 Å². The lowest BCUT2D eigenvalue weighted by Gasteiger charge is -2.14. The van der Waals surface area contributed by atoms with Crippen LogP contribution in [-0.2, 0) is 12.7 Å². The summed E-state index contributed by atoms with van der Waals surface area (Å²) in [6.45, 7) is 1.87. The Morgan fingerprint density at radius 1 is 1.29 bits per heavy atom. The zero-order valence-electron chi connectivity index (χ0n) is 12.8. The Hall–Kier alpha value is -2.71. The normalized spacial score (nSPS) is 11.2. The summed E-state index contributed by atoms with van der Waals surface area (Å²) in [6, 6.07) is 6.10. The lowest BCUT2D eigenvalue weighted by Crippen LogP contribution is -2.37. The van der Waals surface area contributed by atoms with E-state index in [-0.39, 0.29) is 25.4 Å². The van der Waals surface area contributed by atoms with Crippen molar-refractivity contribution in [3.63, 3.8) is 0 Å². The number of hydrogen-bond donors (Lipinski definition) is 2. The number of ether oxygens (including phenoxy) is 1. The maximum absolute atomic E-state index is 12.8. The molecule has 130 valence electrons. The molecule has 2 N–H and O–H groups in total. The summed E-state index contributed by atoms with van der Waals surface area (Å²) in [6.07, 6.45) is -4.49. The minimum absolute atomic E-state index is 0.0515. The van der Waals surface area contributed by atoms with Crippen LogP contribution in [0, 0.1) is 6.92 Å². The number of aryl methyl sites for hydroxylation is 1. The van der Waals surface area contributed by atoms with Crippen molar-refractivity contribution in [1.82, 2.24) is 15.8 Å². The van der Waals surface area contributed by atoms with Gasteiger partial charge in [-0.25, -0.2) is 4.79 Å². The van der Waals surface area contributed by atoms with E-state index in [0.29, 0.717) is 11.5 Å². The number of halogens is 3. The van der Waals surface area contributed by atoms with Gasteiger partial charge < -0.3 is 19.9 Å². The molecule has 2 amide bonds. The van der Waals surface area contributed by atoms with Crippen LogP contribution in [0.25, 0.3) is 0 Å². The average molecular weight is 343 g/mol. The fourth-order valence-electron chi connectivity index (χ4n) is 1.89. The summed E-state index contributed by atoms with van der Waals surface area (Å²) in [4.78, 5) is 11.5.